The third kappa shape index (κ3) is 4.40. The van der Waals surface area contributed by atoms with E-state index in [0.717, 1.165) is 37.2 Å². The molecule has 0 saturated carbocycles. The van der Waals surface area contributed by atoms with E-state index in [-0.39, 0.29) is 17.7 Å². The average Bonchev–Trinajstić information content (AvgIpc) is 2.68. The molecule has 3 rings (SSSR count). The molecule has 2 N–H and O–H groups in total. The summed E-state index contributed by atoms with van der Waals surface area (Å²) >= 11 is 0. The lowest BCUT2D eigenvalue weighted by molar-refractivity contribution is -0.119. The van der Waals surface area contributed by atoms with Crippen LogP contribution < -0.4 is 10.2 Å². The first-order chi connectivity index (χ1) is 13.0. The Morgan fingerprint density at radius 1 is 1.22 bits per heavy atom. The Balaban J connectivity index is 1.62. The van der Waals surface area contributed by atoms with Gasteiger partial charge in [0.15, 0.2) is 0 Å². The minimum absolute atomic E-state index is 0.0159. The van der Waals surface area contributed by atoms with Crippen LogP contribution in [0.1, 0.15) is 55.3 Å². The van der Waals surface area contributed by atoms with Gasteiger partial charge >= 0.3 is 0 Å². The molecule has 0 aromatic heterocycles. The average molecular weight is 363 g/mol. The van der Waals surface area contributed by atoms with Gasteiger partial charge in [0.2, 0.25) is 5.91 Å². The zero-order valence-corrected chi connectivity index (χ0v) is 15.8. The topological polar surface area (TPSA) is 76.4 Å². The molecule has 1 heterocycles. The molecule has 27 heavy (non-hydrogen) atoms. The van der Waals surface area contributed by atoms with Crippen LogP contribution in [-0.2, 0) is 4.79 Å². The molecule has 1 aliphatic rings. The van der Waals surface area contributed by atoms with Crippen molar-refractivity contribution >= 4 is 11.6 Å². The van der Waals surface area contributed by atoms with Gasteiger partial charge in [-0.1, -0.05) is 24.3 Å². The molecular weight excluding hydrogens is 338 g/mol. The first-order valence-electron chi connectivity index (χ1n) is 9.33. The SMILES string of the molecule is CC(=O)N[C@@H](C)c1ccc(C2CCN(c3ccc(O)c(C#N)c3)CC2)cc1. The number of phenolic OH excluding ortho intramolecular Hbond substituents is 1. The highest BCUT2D eigenvalue weighted by atomic mass is 16.3. The van der Waals surface area contributed by atoms with Gasteiger partial charge in [-0.3, -0.25) is 4.79 Å². The van der Waals surface area contributed by atoms with E-state index in [1.165, 1.54) is 12.5 Å². The second kappa shape index (κ2) is 8.13. The number of rotatable bonds is 4. The van der Waals surface area contributed by atoms with Gasteiger partial charge in [0, 0.05) is 25.7 Å². The zero-order valence-electron chi connectivity index (χ0n) is 15.8. The second-order valence-corrected chi connectivity index (χ2v) is 7.16. The quantitative estimate of drug-likeness (QED) is 0.865. The van der Waals surface area contributed by atoms with E-state index in [0.29, 0.717) is 11.5 Å². The van der Waals surface area contributed by atoms with Crippen LogP contribution in [0.15, 0.2) is 42.5 Å². The number of anilines is 1. The summed E-state index contributed by atoms with van der Waals surface area (Å²) in [6, 6.07) is 15.8. The van der Waals surface area contributed by atoms with Crippen LogP contribution in [-0.4, -0.2) is 24.1 Å². The zero-order chi connectivity index (χ0) is 19.4. The molecule has 5 heteroatoms. The van der Waals surface area contributed by atoms with Crippen molar-refractivity contribution in [1.82, 2.24) is 5.32 Å². The number of carbonyl (C=O) groups is 1. The Labute approximate surface area is 160 Å². The smallest absolute Gasteiger partial charge is 0.217 e. The highest BCUT2D eigenvalue weighted by molar-refractivity contribution is 5.73. The number of hydrogen-bond acceptors (Lipinski definition) is 4. The fourth-order valence-electron chi connectivity index (χ4n) is 3.73. The molecular formula is C22H25N3O2. The molecule has 0 radical (unpaired) electrons. The van der Waals surface area contributed by atoms with Crippen LogP contribution >= 0.6 is 0 Å². The largest absolute Gasteiger partial charge is 0.507 e. The van der Waals surface area contributed by atoms with Crippen molar-refractivity contribution in [2.45, 2.75) is 38.6 Å². The standard InChI is InChI=1S/C22H25N3O2/c1-15(24-16(2)26)17-3-5-18(6-4-17)19-9-11-25(12-10-19)21-7-8-22(27)20(13-21)14-23/h3-8,13,15,19,27H,9-12H2,1-2H3,(H,24,26)/t15-/m0/s1. The fourth-order valence-corrected chi connectivity index (χ4v) is 3.73. The minimum atomic E-state index is -0.0206. The predicted molar refractivity (Wildman–Crippen MR) is 106 cm³/mol. The number of carbonyl (C=O) groups excluding carboxylic acids is 1. The Hall–Kier alpha value is -3.00. The molecule has 5 nitrogen and oxygen atoms in total. The molecule has 1 amide bonds. The molecule has 1 saturated heterocycles. The first kappa shape index (κ1) is 18.8. The molecule has 0 unspecified atom stereocenters. The minimum Gasteiger partial charge on any atom is -0.507 e. The van der Waals surface area contributed by atoms with Crippen molar-refractivity contribution in [3.8, 4) is 11.8 Å². The van der Waals surface area contributed by atoms with Crippen molar-refractivity contribution in [3.05, 3.63) is 59.2 Å². The van der Waals surface area contributed by atoms with E-state index in [2.05, 4.69) is 34.5 Å². The van der Waals surface area contributed by atoms with Crippen molar-refractivity contribution in [2.24, 2.45) is 0 Å². The monoisotopic (exact) mass is 363 g/mol. The van der Waals surface area contributed by atoms with Crippen molar-refractivity contribution in [2.75, 3.05) is 18.0 Å². The maximum Gasteiger partial charge on any atom is 0.217 e. The predicted octanol–water partition coefficient (Wildman–Crippen LogP) is 3.84. The number of nitrogens with zero attached hydrogens (tertiary/aromatic N) is 2. The van der Waals surface area contributed by atoms with E-state index in [9.17, 15) is 9.90 Å². The van der Waals surface area contributed by atoms with Crippen molar-refractivity contribution in [1.29, 1.82) is 5.26 Å². The van der Waals surface area contributed by atoms with E-state index in [1.54, 1.807) is 12.1 Å². The Kier molecular flexibility index (Phi) is 5.66. The van der Waals surface area contributed by atoms with Gasteiger partial charge in [0.1, 0.15) is 11.8 Å². The fraction of sp³-hybridized carbons (Fsp3) is 0.364. The number of amides is 1. The second-order valence-electron chi connectivity index (χ2n) is 7.16. The third-order valence-corrected chi connectivity index (χ3v) is 5.29. The van der Waals surface area contributed by atoms with Gasteiger partial charge < -0.3 is 15.3 Å². The van der Waals surface area contributed by atoms with Gasteiger partial charge in [-0.15, -0.1) is 0 Å². The summed E-state index contributed by atoms with van der Waals surface area (Å²) in [6.07, 6.45) is 2.09. The highest BCUT2D eigenvalue weighted by Crippen LogP contribution is 2.32. The number of benzene rings is 2. The lowest BCUT2D eigenvalue weighted by Crippen LogP contribution is -2.32. The first-order valence-corrected chi connectivity index (χ1v) is 9.33. The number of aromatic hydroxyl groups is 1. The van der Waals surface area contributed by atoms with Gasteiger partial charge in [-0.2, -0.15) is 5.26 Å². The van der Waals surface area contributed by atoms with E-state index >= 15 is 0 Å². The lowest BCUT2D eigenvalue weighted by atomic mass is 9.88. The van der Waals surface area contributed by atoms with Crippen LogP contribution in [0.3, 0.4) is 0 Å². The molecule has 1 fully saturated rings. The Bertz CT molecular complexity index is 847. The molecule has 2 aromatic rings. The van der Waals surface area contributed by atoms with Crippen LogP contribution in [0.5, 0.6) is 5.75 Å². The number of nitriles is 1. The highest BCUT2D eigenvalue weighted by Gasteiger charge is 2.21. The molecule has 140 valence electrons. The van der Waals surface area contributed by atoms with Gasteiger partial charge in [0.25, 0.3) is 0 Å². The van der Waals surface area contributed by atoms with Gasteiger partial charge in [-0.25, -0.2) is 0 Å². The molecule has 2 aromatic carbocycles. The number of piperidine rings is 1. The molecule has 1 atom stereocenters. The number of hydrogen-bond donors (Lipinski definition) is 2. The summed E-state index contributed by atoms with van der Waals surface area (Å²) in [4.78, 5) is 13.5. The maximum atomic E-state index is 11.2. The molecule has 0 spiro atoms. The number of nitrogens with one attached hydrogen (secondary N) is 1. The summed E-state index contributed by atoms with van der Waals surface area (Å²) in [5.41, 5.74) is 3.75. The molecule has 0 bridgehead atoms. The molecule has 0 aliphatic carbocycles. The molecule has 1 aliphatic heterocycles. The summed E-state index contributed by atoms with van der Waals surface area (Å²) in [6.45, 7) is 5.36. The maximum absolute atomic E-state index is 11.2. The van der Waals surface area contributed by atoms with Crippen LogP contribution in [0, 0.1) is 11.3 Å². The van der Waals surface area contributed by atoms with Crippen LogP contribution in [0.4, 0.5) is 5.69 Å². The summed E-state index contributed by atoms with van der Waals surface area (Å²) in [5, 5.41) is 21.7. The van der Waals surface area contributed by atoms with Crippen molar-refractivity contribution < 1.29 is 9.90 Å². The van der Waals surface area contributed by atoms with Crippen LogP contribution in [0.25, 0.3) is 0 Å². The lowest BCUT2D eigenvalue weighted by Gasteiger charge is -2.34. The van der Waals surface area contributed by atoms with Crippen molar-refractivity contribution in [3.63, 3.8) is 0 Å². The van der Waals surface area contributed by atoms with E-state index < -0.39 is 0 Å². The summed E-state index contributed by atoms with van der Waals surface area (Å²) in [7, 11) is 0. The third-order valence-electron chi connectivity index (χ3n) is 5.29. The van der Waals surface area contributed by atoms with Gasteiger partial charge in [-0.05, 0) is 55.0 Å². The Morgan fingerprint density at radius 3 is 2.48 bits per heavy atom. The van der Waals surface area contributed by atoms with Crippen LogP contribution in [0.2, 0.25) is 0 Å². The van der Waals surface area contributed by atoms with Gasteiger partial charge in [0.05, 0.1) is 11.6 Å². The van der Waals surface area contributed by atoms with E-state index in [1.807, 2.05) is 19.1 Å². The Morgan fingerprint density at radius 2 is 1.89 bits per heavy atom. The van der Waals surface area contributed by atoms with E-state index in [4.69, 9.17) is 5.26 Å². The normalized spacial score (nSPS) is 15.8. The number of phenols is 1. The summed E-state index contributed by atoms with van der Waals surface area (Å²) in [5.74, 6) is 0.524. The summed E-state index contributed by atoms with van der Waals surface area (Å²) < 4.78 is 0.